The SMILES string of the molecule is CN(SCC=O)C1=CCCC=C1. The first-order valence-electron chi connectivity index (χ1n) is 4.01. The van der Waals surface area contributed by atoms with E-state index in [9.17, 15) is 4.79 Å². The molecule has 0 aromatic heterocycles. The van der Waals surface area contributed by atoms with Crippen molar-refractivity contribution < 1.29 is 4.79 Å². The third kappa shape index (κ3) is 2.74. The quantitative estimate of drug-likeness (QED) is 0.491. The smallest absolute Gasteiger partial charge is 0.131 e. The van der Waals surface area contributed by atoms with Crippen molar-refractivity contribution in [3.63, 3.8) is 0 Å². The molecule has 1 rings (SSSR count). The van der Waals surface area contributed by atoms with Crippen LogP contribution in [0.5, 0.6) is 0 Å². The van der Waals surface area contributed by atoms with Gasteiger partial charge in [0.1, 0.15) is 6.29 Å². The van der Waals surface area contributed by atoms with Gasteiger partial charge >= 0.3 is 0 Å². The van der Waals surface area contributed by atoms with Gasteiger partial charge in [-0.1, -0.05) is 12.2 Å². The summed E-state index contributed by atoms with van der Waals surface area (Å²) in [7, 11) is 1.98. The Morgan fingerprint density at radius 3 is 3.08 bits per heavy atom. The van der Waals surface area contributed by atoms with Gasteiger partial charge in [-0.3, -0.25) is 0 Å². The van der Waals surface area contributed by atoms with Crippen LogP contribution in [-0.2, 0) is 4.79 Å². The lowest BCUT2D eigenvalue weighted by Gasteiger charge is -2.19. The summed E-state index contributed by atoms with van der Waals surface area (Å²) < 4.78 is 2.03. The number of carbonyl (C=O) groups is 1. The molecule has 1 aliphatic rings. The molecule has 66 valence electrons. The lowest BCUT2D eigenvalue weighted by Crippen LogP contribution is -2.09. The van der Waals surface area contributed by atoms with E-state index in [2.05, 4.69) is 18.2 Å². The van der Waals surface area contributed by atoms with Crippen LogP contribution in [-0.4, -0.2) is 23.4 Å². The summed E-state index contributed by atoms with van der Waals surface area (Å²) in [6.07, 6.45) is 9.62. The minimum absolute atomic E-state index is 0.529. The third-order valence-electron chi connectivity index (χ3n) is 1.68. The molecule has 0 saturated heterocycles. The van der Waals surface area contributed by atoms with E-state index in [0.29, 0.717) is 5.75 Å². The fourth-order valence-electron chi connectivity index (χ4n) is 1.05. The molecule has 0 amide bonds. The van der Waals surface area contributed by atoms with E-state index in [1.54, 1.807) is 0 Å². The average molecular weight is 183 g/mol. The van der Waals surface area contributed by atoms with Gasteiger partial charge in [0.15, 0.2) is 0 Å². The van der Waals surface area contributed by atoms with Crippen LogP contribution in [0.1, 0.15) is 12.8 Å². The molecule has 3 heteroatoms. The van der Waals surface area contributed by atoms with Crippen LogP contribution in [0.25, 0.3) is 0 Å². The van der Waals surface area contributed by atoms with E-state index in [1.807, 2.05) is 11.4 Å². The Hall–Kier alpha value is -0.700. The molecule has 0 bridgehead atoms. The number of hydrogen-bond acceptors (Lipinski definition) is 3. The van der Waals surface area contributed by atoms with Crippen molar-refractivity contribution in [2.45, 2.75) is 12.8 Å². The number of likely N-dealkylation sites (N-methyl/N-ethyl adjacent to an activating group) is 1. The molecule has 0 saturated carbocycles. The molecule has 0 aromatic rings. The molecule has 1 aliphatic carbocycles. The van der Waals surface area contributed by atoms with E-state index in [-0.39, 0.29) is 0 Å². The maximum absolute atomic E-state index is 10.1. The molecular formula is C9H13NOS. The molecule has 0 radical (unpaired) electrons. The molecule has 2 nitrogen and oxygen atoms in total. The Morgan fingerprint density at radius 2 is 2.50 bits per heavy atom. The minimum Gasteiger partial charge on any atom is -0.319 e. The predicted molar refractivity (Wildman–Crippen MR) is 52.7 cm³/mol. The number of aldehydes is 1. The summed E-state index contributed by atoms with van der Waals surface area (Å²) in [5.74, 6) is 0.529. The average Bonchev–Trinajstić information content (AvgIpc) is 2.15. The third-order valence-corrected chi connectivity index (χ3v) is 2.56. The molecule has 0 aliphatic heterocycles. The highest BCUT2D eigenvalue weighted by atomic mass is 32.2. The van der Waals surface area contributed by atoms with Crippen LogP contribution in [0.15, 0.2) is 23.9 Å². The molecule has 0 spiro atoms. The Balaban J connectivity index is 2.40. The summed E-state index contributed by atoms with van der Waals surface area (Å²) in [4.78, 5) is 10.1. The van der Waals surface area contributed by atoms with E-state index in [1.165, 1.54) is 17.6 Å². The molecule has 0 fully saturated rings. The van der Waals surface area contributed by atoms with E-state index >= 15 is 0 Å². The van der Waals surface area contributed by atoms with Crippen molar-refractivity contribution in [3.8, 4) is 0 Å². The monoisotopic (exact) mass is 183 g/mol. The predicted octanol–water partition coefficient (Wildman–Crippen LogP) is 2.00. The highest BCUT2D eigenvalue weighted by molar-refractivity contribution is 7.97. The number of nitrogens with zero attached hydrogens (tertiary/aromatic N) is 1. The molecule has 0 N–H and O–H groups in total. The van der Waals surface area contributed by atoms with Crippen LogP contribution >= 0.6 is 11.9 Å². The van der Waals surface area contributed by atoms with E-state index in [4.69, 9.17) is 0 Å². The fraction of sp³-hybridized carbons (Fsp3) is 0.444. The van der Waals surface area contributed by atoms with Crippen LogP contribution in [0.4, 0.5) is 0 Å². The van der Waals surface area contributed by atoms with Crippen molar-refractivity contribution in [1.82, 2.24) is 4.31 Å². The van der Waals surface area contributed by atoms with Gasteiger partial charge in [0.25, 0.3) is 0 Å². The minimum atomic E-state index is 0.529. The second-order valence-electron chi connectivity index (χ2n) is 2.57. The van der Waals surface area contributed by atoms with Crippen molar-refractivity contribution in [1.29, 1.82) is 0 Å². The van der Waals surface area contributed by atoms with Crippen molar-refractivity contribution in [2.75, 3.05) is 12.8 Å². The summed E-state index contributed by atoms with van der Waals surface area (Å²) in [6, 6.07) is 0. The number of allylic oxidation sites excluding steroid dienone is 3. The van der Waals surface area contributed by atoms with Gasteiger partial charge in [0, 0.05) is 12.7 Å². The second-order valence-corrected chi connectivity index (χ2v) is 3.71. The largest absolute Gasteiger partial charge is 0.319 e. The standard InChI is InChI=1S/C9H13NOS/c1-10(12-8-7-11)9-5-3-2-4-6-9/h3,5-7H,2,4,8H2,1H3. The summed E-state index contributed by atoms with van der Waals surface area (Å²) in [5, 5.41) is 0. The summed E-state index contributed by atoms with van der Waals surface area (Å²) in [5.41, 5.74) is 1.20. The fourth-order valence-corrected chi connectivity index (χ4v) is 1.62. The zero-order valence-electron chi connectivity index (χ0n) is 7.19. The highest BCUT2D eigenvalue weighted by Crippen LogP contribution is 2.19. The van der Waals surface area contributed by atoms with Crippen molar-refractivity contribution >= 4 is 18.2 Å². The first-order chi connectivity index (χ1) is 5.84. The Morgan fingerprint density at radius 1 is 1.67 bits per heavy atom. The van der Waals surface area contributed by atoms with Gasteiger partial charge < -0.3 is 9.10 Å². The Bertz CT molecular complexity index is 211. The lowest BCUT2D eigenvalue weighted by atomic mass is 10.1. The number of hydrogen-bond donors (Lipinski definition) is 0. The molecule has 0 heterocycles. The number of rotatable bonds is 4. The van der Waals surface area contributed by atoms with Gasteiger partial charge in [0.05, 0.1) is 5.75 Å². The van der Waals surface area contributed by atoms with E-state index < -0.39 is 0 Å². The van der Waals surface area contributed by atoms with E-state index in [0.717, 1.165) is 19.1 Å². The first-order valence-corrected chi connectivity index (χ1v) is 4.96. The molecular weight excluding hydrogens is 170 g/mol. The van der Waals surface area contributed by atoms with Gasteiger partial charge in [-0.2, -0.15) is 0 Å². The van der Waals surface area contributed by atoms with Gasteiger partial charge in [-0.15, -0.1) is 0 Å². The first kappa shape index (κ1) is 9.39. The maximum Gasteiger partial charge on any atom is 0.131 e. The zero-order chi connectivity index (χ0) is 8.81. The summed E-state index contributed by atoms with van der Waals surface area (Å²) >= 11 is 1.53. The molecule has 0 aromatic carbocycles. The molecule has 12 heavy (non-hydrogen) atoms. The van der Waals surface area contributed by atoms with Gasteiger partial charge in [0.2, 0.25) is 0 Å². The van der Waals surface area contributed by atoms with Gasteiger partial charge in [-0.05, 0) is 30.9 Å². The zero-order valence-corrected chi connectivity index (χ0v) is 8.01. The summed E-state index contributed by atoms with van der Waals surface area (Å²) in [6.45, 7) is 0. The second kappa shape index (κ2) is 5.04. The molecule has 0 atom stereocenters. The Kier molecular flexibility index (Phi) is 3.94. The van der Waals surface area contributed by atoms with Crippen molar-refractivity contribution in [3.05, 3.63) is 23.9 Å². The lowest BCUT2D eigenvalue weighted by molar-refractivity contribution is -0.105. The normalized spacial score (nSPS) is 15.6. The number of carbonyl (C=O) groups excluding carboxylic acids is 1. The van der Waals surface area contributed by atoms with Gasteiger partial charge in [-0.25, -0.2) is 0 Å². The van der Waals surface area contributed by atoms with Crippen molar-refractivity contribution in [2.24, 2.45) is 0 Å². The highest BCUT2D eigenvalue weighted by Gasteiger charge is 2.02. The van der Waals surface area contributed by atoms with Crippen LogP contribution < -0.4 is 0 Å². The topological polar surface area (TPSA) is 20.3 Å². The van der Waals surface area contributed by atoms with Crippen LogP contribution in [0.3, 0.4) is 0 Å². The molecule has 0 unspecified atom stereocenters. The Labute approximate surface area is 77.5 Å². The van der Waals surface area contributed by atoms with Crippen LogP contribution in [0.2, 0.25) is 0 Å². The maximum atomic E-state index is 10.1. The van der Waals surface area contributed by atoms with Crippen LogP contribution in [0, 0.1) is 0 Å².